The summed E-state index contributed by atoms with van der Waals surface area (Å²) in [7, 11) is 0. The van der Waals surface area contributed by atoms with Gasteiger partial charge < -0.3 is 10.5 Å². The fraction of sp³-hybridized carbons (Fsp3) is 0.963. The number of unbranched alkanes of at least 4 members (excludes halogenated alkanes) is 20. The van der Waals surface area contributed by atoms with Crippen LogP contribution in [0.15, 0.2) is 0 Å². The zero-order valence-corrected chi connectivity index (χ0v) is 20.6. The van der Waals surface area contributed by atoms with E-state index in [1.54, 1.807) is 0 Å². The highest BCUT2D eigenvalue weighted by Crippen LogP contribution is 2.13. The maximum atomic E-state index is 11.7. The lowest BCUT2D eigenvalue weighted by Crippen LogP contribution is -2.05. The van der Waals surface area contributed by atoms with Crippen molar-refractivity contribution >= 4 is 5.97 Å². The minimum absolute atomic E-state index is 0.00707. The summed E-state index contributed by atoms with van der Waals surface area (Å²) in [6.45, 7) is 3.73. The molecule has 0 atom stereocenters. The van der Waals surface area contributed by atoms with Gasteiger partial charge in [-0.15, -0.1) is 0 Å². The van der Waals surface area contributed by atoms with Crippen molar-refractivity contribution in [2.24, 2.45) is 5.73 Å². The number of esters is 1. The van der Waals surface area contributed by atoms with Gasteiger partial charge in [-0.2, -0.15) is 0 Å². The molecule has 0 aliphatic heterocycles. The number of nitrogens with two attached hydrogens (primary N) is 1. The molecule has 0 bridgehead atoms. The summed E-state index contributed by atoms with van der Waals surface area (Å²) in [6.07, 6.45) is 29.3. The van der Waals surface area contributed by atoms with Crippen molar-refractivity contribution in [2.75, 3.05) is 13.2 Å². The largest absolute Gasteiger partial charge is 0.466 e. The number of ether oxygens (including phenoxy) is 1. The molecule has 0 aromatic carbocycles. The molecular weight excluding hydrogens is 370 g/mol. The fourth-order valence-corrected chi connectivity index (χ4v) is 4.03. The van der Waals surface area contributed by atoms with Gasteiger partial charge in [0.15, 0.2) is 0 Å². The highest BCUT2D eigenvalue weighted by atomic mass is 16.5. The summed E-state index contributed by atoms with van der Waals surface area (Å²) >= 11 is 0. The Balaban J connectivity index is 3.12. The minimum Gasteiger partial charge on any atom is -0.466 e. The van der Waals surface area contributed by atoms with Crippen molar-refractivity contribution in [3.63, 3.8) is 0 Å². The van der Waals surface area contributed by atoms with Crippen LogP contribution in [0, 0.1) is 0 Å². The predicted molar refractivity (Wildman–Crippen MR) is 132 cm³/mol. The molecule has 0 heterocycles. The van der Waals surface area contributed by atoms with Crippen LogP contribution in [0.4, 0.5) is 0 Å². The molecule has 0 aliphatic rings. The SMILES string of the molecule is CCCCCCCCCCCCCCCCOC(=O)CCCCCCCCCCN. The molecular formula is C27H55NO2. The second kappa shape index (κ2) is 26.5. The third kappa shape index (κ3) is 25.5. The molecule has 0 rings (SSSR count). The number of rotatable bonds is 25. The summed E-state index contributed by atoms with van der Waals surface area (Å²) < 4.78 is 5.37. The van der Waals surface area contributed by atoms with E-state index in [0.717, 1.165) is 32.2 Å². The second-order valence-electron chi connectivity index (χ2n) is 9.18. The van der Waals surface area contributed by atoms with E-state index >= 15 is 0 Å². The molecule has 0 amide bonds. The lowest BCUT2D eigenvalue weighted by molar-refractivity contribution is -0.143. The number of hydrogen-bond acceptors (Lipinski definition) is 3. The van der Waals surface area contributed by atoms with Crippen molar-refractivity contribution in [2.45, 2.75) is 155 Å². The van der Waals surface area contributed by atoms with Gasteiger partial charge in [-0.1, -0.05) is 129 Å². The maximum Gasteiger partial charge on any atom is 0.305 e. The summed E-state index contributed by atoms with van der Waals surface area (Å²) in [5.74, 6) is 0.00707. The third-order valence-electron chi connectivity index (χ3n) is 6.10. The van der Waals surface area contributed by atoms with Gasteiger partial charge in [-0.05, 0) is 25.8 Å². The molecule has 0 aliphatic carbocycles. The zero-order valence-electron chi connectivity index (χ0n) is 20.6. The molecule has 180 valence electrons. The maximum absolute atomic E-state index is 11.7. The number of carbonyl (C=O) groups excluding carboxylic acids is 1. The Morgan fingerprint density at radius 1 is 0.533 bits per heavy atom. The van der Waals surface area contributed by atoms with Crippen LogP contribution in [0.2, 0.25) is 0 Å². The van der Waals surface area contributed by atoms with Crippen LogP contribution in [0.1, 0.15) is 155 Å². The van der Waals surface area contributed by atoms with Gasteiger partial charge in [0.05, 0.1) is 6.61 Å². The Labute approximate surface area is 189 Å². The fourth-order valence-electron chi connectivity index (χ4n) is 4.03. The van der Waals surface area contributed by atoms with E-state index in [1.807, 2.05) is 0 Å². The van der Waals surface area contributed by atoms with Crippen molar-refractivity contribution in [1.29, 1.82) is 0 Å². The van der Waals surface area contributed by atoms with Gasteiger partial charge >= 0.3 is 5.97 Å². The third-order valence-corrected chi connectivity index (χ3v) is 6.10. The first-order chi connectivity index (χ1) is 14.8. The Kier molecular flexibility index (Phi) is 26.0. The van der Waals surface area contributed by atoms with Crippen molar-refractivity contribution in [1.82, 2.24) is 0 Å². The topological polar surface area (TPSA) is 52.3 Å². The highest BCUT2D eigenvalue weighted by molar-refractivity contribution is 5.69. The Morgan fingerprint density at radius 2 is 0.900 bits per heavy atom. The molecule has 3 heteroatoms. The average molecular weight is 426 g/mol. The van der Waals surface area contributed by atoms with E-state index < -0.39 is 0 Å². The lowest BCUT2D eigenvalue weighted by Gasteiger charge is -2.06. The molecule has 0 radical (unpaired) electrons. The standard InChI is InChI=1S/C27H55NO2/c1-2-3-4-5-6-7-8-9-10-11-14-17-20-23-26-30-27(29)24-21-18-15-12-13-16-19-22-25-28/h2-26,28H2,1H3. The van der Waals surface area contributed by atoms with E-state index in [-0.39, 0.29) is 5.97 Å². The van der Waals surface area contributed by atoms with Crippen LogP contribution in [-0.2, 0) is 9.53 Å². The summed E-state index contributed by atoms with van der Waals surface area (Å²) in [6, 6.07) is 0. The Bertz CT molecular complexity index is 333. The quantitative estimate of drug-likeness (QED) is 0.118. The van der Waals surface area contributed by atoms with E-state index in [4.69, 9.17) is 10.5 Å². The average Bonchev–Trinajstić information content (AvgIpc) is 2.75. The number of carbonyl (C=O) groups is 1. The van der Waals surface area contributed by atoms with Gasteiger partial charge in [0.1, 0.15) is 0 Å². The molecule has 30 heavy (non-hydrogen) atoms. The second-order valence-corrected chi connectivity index (χ2v) is 9.18. The van der Waals surface area contributed by atoms with Gasteiger partial charge in [-0.3, -0.25) is 4.79 Å². The smallest absolute Gasteiger partial charge is 0.305 e. The van der Waals surface area contributed by atoms with E-state index in [2.05, 4.69) is 6.92 Å². The lowest BCUT2D eigenvalue weighted by atomic mass is 10.0. The van der Waals surface area contributed by atoms with Crippen LogP contribution in [0.25, 0.3) is 0 Å². The molecule has 0 aromatic rings. The first kappa shape index (κ1) is 29.4. The molecule has 2 N–H and O–H groups in total. The highest BCUT2D eigenvalue weighted by Gasteiger charge is 2.02. The molecule has 3 nitrogen and oxygen atoms in total. The van der Waals surface area contributed by atoms with Gasteiger partial charge in [0.2, 0.25) is 0 Å². The van der Waals surface area contributed by atoms with E-state index in [1.165, 1.54) is 116 Å². The monoisotopic (exact) mass is 425 g/mol. The van der Waals surface area contributed by atoms with Gasteiger partial charge in [0.25, 0.3) is 0 Å². The summed E-state index contributed by atoms with van der Waals surface area (Å²) in [5, 5.41) is 0. The van der Waals surface area contributed by atoms with Crippen molar-refractivity contribution in [3.05, 3.63) is 0 Å². The van der Waals surface area contributed by atoms with E-state index in [0.29, 0.717) is 13.0 Å². The molecule has 0 saturated heterocycles. The van der Waals surface area contributed by atoms with Crippen molar-refractivity contribution < 1.29 is 9.53 Å². The van der Waals surface area contributed by atoms with Crippen LogP contribution >= 0.6 is 0 Å². The first-order valence-electron chi connectivity index (χ1n) is 13.7. The zero-order chi connectivity index (χ0) is 22.0. The Morgan fingerprint density at radius 3 is 1.33 bits per heavy atom. The van der Waals surface area contributed by atoms with Crippen molar-refractivity contribution in [3.8, 4) is 0 Å². The normalized spacial score (nSPS) is 11.1. The van der Waals surface area contributed by atoms with Crippen LogP contribution < -0.4 is 5.73 Å². The molecule has 0 aromatic heterocycles. The van der Waals surface area contributed by atoms with Gasteiger partial charge in [-0.25, -0.2) is 0 Å². The Hall–Kier alpha value is -0.570. The molecule has 0 unspecified atom stereocenters. The predicted octanol–water partition coefficient (Wildman–Crippen LogP) is 8.48. The van der Waals surface area contributed by atoms with Crippen LogP contribution in [0.5, 0.6) is 0 Å². The summed E-state index contributed by atoms with van der Waals surface area (Å²) in [4.78, 5) is 11.7. The van der Waals surface area contributed by atoms with Crippen LogP contribution in [0.3, 0.4) is 0 Å². The minimum atomic E-state index is 0.00707. The van der Waals surface area contributed by atoms with Gasteiger partial charge in [0, 0.05) is 6.42 Å². The number of hydrogen-bond donors (Lipinski definition) is 1. The molecule has 0 spiro atoms. The summed E-state index contributed by atoms with van der Waals surface area (Å²) in [5.41, 5.74) is 5.50. The van der Waals surface area contributed by atoms with Crippen LogP contribution in [-0.4, -0.2) is 19.1 Å². The van der Waals surface area contributed by atoms with E-state index in [9.17, 15) is 4.79 Å². The first-order valence-corrected chi connectivity index (χ1v) is 13.7. The molecule has 0 fully saturated rings. The molecule has 0 saturated carbocycles.